The summed E-state index contributed by atoms with van der Waals surface area (Å²) in [4.78, 5) is 3.91. The van der Waals surface area contributed by atoms with Crippen molar-refractivity contribution in [2.75, 3.05) is 0 Å². The summed E-state index contributed by atoms with van der Waals surface area (Å²) in [7, 11) is 0. The first-order valence-corrected chi connectivity index (χ1v) is 4.01. The topological polar surface area (TPSA) is 45.5 Å². The van der Waals surface area contributed by atoms with Gasteiger partial charge < -0.3 is 5.21 Å². The van der Waals surface area contributed by atoms with Crippen LogP contribution in [0.2, 0.25) is 0 Å². The first-order valence-electron chi connectivity index (χ1n) is 4.01. The Labute approximate surface area is 77.4 Å². The average molecular weight is 176 g/mol. The number of nitrogens with zero attached hydrogens (tertiary/aromatic N) is 2. The quantitative estimate of drug-likeness (QED) is 0.427. The summed E-state index contributed by atoms with van der Waals surface area (Å²) >= 11 is 0. The molecule has 68 valence electrons. The second-order valence-electron chi connectivity index (χ2n) is 2.79. The highest BCUT2D eigenvalue weighted by atomic mass is 16.4. The number of pyridine rings is 1. The highest BCUT2D eigenvalue weighted by Gasteiger charge is 1.94. The van der Waals surface area contributed by atoms with Crippen LogP contribution < -0.4 is 0 Å². The lowest BCUT2D eigenvalue weighted by Crippen LogP contribution is -1.92. The molecule has 1 N–H and O–H groups in total. The normalized spacial score (nSPS) is 13.1. The highest BCUT2D eigenvalue weighted by molar-refractivity contribution is 6.01. The van der Waals surface area contributed by atoms with E-state index in [1.54, 1.807) is 19.3 Å². The van der Waals surface area contributed by atoms with Gasteiger partial charge in [-0.2, -0.15) is 0 Å². The van der Waals surface area contributed by atoms with E-state index in [2.05, 4.69) is 10.1 Å². The second-order valence-corrected chi connectivity index (χ2v) is 2.79. The van der Waals surface area contributed by atoms with Crippen molar-refractivity contribution in [1.82, 2.24) is 4.98 Å². The van der Waals surface area contributed by atoms with Gasteiger partial charge in [0.05, 0.1) is 5.71 Å². The van der Waals surface area contributed by atoms with Crippen molar-refractivity contribution < 1.29 is 5.21 Å². The van der Waals surface area contributed by atoms with Gasteiger partial charge in [0.15, 0.2) is 0 Å². The molecular formula is C10H12N2O. The van der Waals surface area contributed by atoms with Crippen LogP contribution in [0.15, 0.2) is 35.3 Å². The third-order valence-corrected chi connectivity index (χ3v) is 1.81. The molecule has 0 aromatic carbocycles. The zero-order valence-electron chi connectivity index (χ0n) is 7.73. The molecule has 0 fully saturated rings. The molecule has 1 aromatic rings. The number of rotatable bonds is 2. The van der Waals surface area contributed by atoms with Crippen LogP contribution in [0.3, 0.4) is 0 Å². The summed E-state index contributed by atoms with van der Waals surface area (Å²) in [5, 5.41) is 11.6. The van der Waals surface area contributed by atoms with Crippen LogP contribution in [0.5, 0.6) is 0 Å². The lowest BCUT2D eigenvalue weighted by Gasteiger charge is -1.97. The van der Waals surface area contributed by atoms with Gasteiger partial charge in [0.25, 0.3) is 0 Å². The van der Waals surface area contributed by atoms with Gasteiger partial charge in [-0.15, -0.1) is 0 Å². The van der Waals surface area contributed by atoms with E-state index in [-0.39, 0.29) is 0 Å². The van der Waals surface area contributed by atoms with Gasteiger partial charge in [0.2, 0.25) is 0 Å². The van der Waals surface area contributed by atoms with E-state index >= 15 is 0 Å². The molecule has 0 unspecified atom stereocenters. The Morgan fingerprint density at radius 1 is 1.38 bits per heavy atom. The minimum Gasteiger partial charge on any atom is -0.411 e. The number of hydrogen-bond acceptors (Lipinski definition) is 3. The van der Waals surface area contributed by atoms with Crippen molar-refractivity contribution in [1.29, 1.82) is 0 Å². The Bertz CT molecular complexity index is 328. The first kappa shape index (κ1) is 9.45. The summed E-state index contributed by atoms with van der Waals surface area (Å²) < 4.78 is 0. The molecule has 0 saturated carbocycles. The maximum absolute atomic E-state index is 8.52. The third kappa shape index (κ3) is 2.71. The highest BCUT2D eigenvalue weighted by Crippen LogP contribution is 2.06. The fourth-order valence-corrected chi connectivity index (χ4v) is 0.893. The summed E-state index contributed by atoms with van der Waals surface area (Å²) in [6.45, 7) is 3.66. The monoisotopic (exact) mass is 176 g/mol. The van der Waals surface area contributed by atoms with Crippen LogP contribution in [-0.4, -0.2) is 15.9 Å². The van der Waals surface area contributed by atoms with Crippen molar-refractivity contribution in [2.24, 2.45) is 5.16 Å². The molecule has 0 aliphatic heterocycles. The Morgan fingerprint density at radius 3 is 2.54 bits per heavy atom. The molecule has 0 aliphatic rings. The summed E-state index contributed by atoms with van der Waals surface area (Å²) in [6, 6.07) is 3.79. The maximum Gasteiger partial charge on any atom is 0.0794 e. The van der Waals surface area contributed by atoms with Crippen molar-refractivity contribution in [3.63, 3.8) is 0 Å². The van der Waals surface area contributed by atoms with E-state index in [0.29, 0.717) is 5.71 Å². The lowest BCUT2D eigenvalue weighted by molar-refractivity contribution is 0.319. The standard InChI is InChI=1S/C10H12N2O/c1-8(9(2)12-13)7-10-3-5-11-6-4-10/h3-7,13H,1-2H3. The van der Waals surface area contributed by atoms with Crippen LogP contribution in [0.25, 0.3) is 6.08 Å². The minimum absolute atomic E-state index is 0.622. The van der Waals surface area contributed by atoms with Gasteiger partial charge in [-0.1, -0.05) is 11.2 Å². The molecule has 0 saturated heterocycles. The van der Waals surface area contributed by atoms with E-state index < -0.39 is 0 Å². The number of hydrogen-bond donors (Lipinski definition) is 1. The van der Waals surface area contributed by atoms with Crippen LogP contribution in [0.1, 0.15) is 19.4 Å². The minimum atomic E-state index is 0.622. The zero-order chi connectivity index (χ0) is 9.68. The first-order chi connectivity index (χ1) is 6.24. The molecule has 1 aromatic heterocycles. The molecule has 3 nitrogen and oxygen atoms in total. The lowest BCUT2D eigenvalue weighted by atomic mass is 10.1. The van der Waals surface area contributed by atoms with Crippen LogP contribution in [0, 0.1) is 0 Å². The molecule has 0 bridgehead atoms. The maximum atomic E-state index is 8.52. The molecule has 0 aliphatic carbocycles. The smallest absolute Gasteiger partial charge is 0.0794 e. The Hall–Kier alpha value is -1.64. The molecule has 0 radical (unpaired) electrons. The average Bonchev–Trinajstić information content (AvgIpc) is 2.18. The van der Waals surface area contributed by atoms with Crippen molar-refractivity contribution in [3.05, 3.63) is 35.7 Å². The third-order valence-electron chi connectivity index (χ3n) is 1.81. The van der Waals surface area contributed by atoms with E-state index in [1.807, 2.05) is 25.1 Å². The van der Waals surface area contributed by atoms with Crippen molar-refractivity contribution in [2.45, 2.75) is 13.8 Å². The number of oxime groups is 1. The predicted molar refractivity (Wildman–Crippen MR) is 52.8 cm³/mol. The van der Waals surface area contributed by atoms with Gasteiger partial charge in [0, 0.05) is 12.4 Å². The number of aromatic nitrogens is 1. The van der Waals surface area contributed by atoms with E-state index in [4.69, 9.17) is 5.21 Å². The van der Waals surface area contributed by atoms with Crippen molar-refractivity contribution in [3.8, 4) is 0 Å². The van der Waals surface area contributed by atoms with Gasteiger partial charge >= 0.3 is 0 Å². The fraction of sp³-hybridized carbons (Fsp3) is 0.200. The largest absolute Gasteiger partial charge is 0.411 e. The molecule has 13 heavy (non-hydrogen) atoms. The number of allylic oxidation sites excluding steroid dienone is 1. The van der Waals surface area contributed by atoms with Gasteiger partial charge in [-0.25, -0.2) is 0 Å². The van der Waals surface area contributed by atoms with Gasteiger partial charge in [-0.3, -0.25) is 4.98 Å². The van der Waals surface area contributed by atoms with Crippen LogP contribution in [-0.2, 0) is 0 Å². The van der Waals surface area contributed by atoms with E-state index in [0.717, 1.165) is 11.1 Å². The molecule has 0 spiro atoms. The summed E-state index contributed by atoms with van der Waals surface area (Å²) in [5.41, 5.74) is 2.61. The van der Waals surface area contributed by atoms with E-state index in [9.17, 15) is 0 Å². The molecule has 0 atom stereocenters. The van der Waals surface area contributed by atoms with Gasteiger partial charge in [0.1, 0.15) is 0 Å². The summed E-state index contributed by atoms with van der Waals surface area (Å²) in [5.74, 6) is 0. The second kappa shape index (κ2) is 4.40. The van der Waals surface area contributed by atoms with Crippen molar-refractivity contribution >= 4 is 11.8 Å². The summed E-state index contributed by atoms with van der Waals surface area (Å²) in [6.07, 6.45) is 5.39. The fourth-order valence-electron chi connectivity index (χ4n) is 0.893. The molecular weight excluding hydrogens is 164 g/mol. The molecule has 1 heterocycles. The molecule has 0 amide bonds. The zero-order valence-corrected chi connectivity index (χ0v) is 7.73. The SMILES string of the molecule is CC(=Cc1ccncc1)C(C)=NO. The predicted octanol–water partition coefficient (Wildman–Crippen LogP) is 2.33. The van der Waals surface area contributed by atoms with Crippen LogP contribution >= 0.6 is 0 Å². The van der Waals surface area contributed by atoms with E-state index in [1.165, 1.54) is 0 Å². The Kier molecular flexibility index (Phi) is 3.20. The van der Waals surface area contributed by atoms with Gasteiger partial charge in [-0.05, 0) is 37.1 Å². The Morgan fingerprint density at radius 2 is 2.00 bits per heavy atom. The molecule has 3 heteroatoms. The Balaban J connectivity index is 2.89. The van der Waals surface area contributed by atoms with Crippen LogP contribution in [0.4, 0.5) is 0 Å². The molecule has 1 rings (SSSR count).